The lowest BCUT2D eigenvalue weighted by Gasteiger charge is -2.46. The minimum Gasteiger partial charge on any atom is -0.461 e. The fraction of sp³-hybridized carbons (Fsp3) is 0.914. The zero-order valence-electron chi connectivity index (χ0n) is 25.9. The van der Waals surface area contributed by atoms with E-state index in [1.807, 2.05) is 0 Å². The van der Waals surface area contributed by atoms with Gasteiger partial charge >= 0.3 is 5.97 Å². The molecule has 38 heavy (non-hydrogen) atoms. The highest BCUT2D eigenvalue weighted by Gasteiger charge is 2.51. The van der Waals surface area contributed by atoms with Gasteiger partial charge in [-0.1, -0.05) is 136 Å². The number of esters is 1. The molecule has 0 bridgehead atoms. The van der Waals surface area contributed by atoms with Crippen molar-refractivity contribution < 1.29 is 9.53 Å². The van der Waals surface area contributed by atoms with Crippen LogP contribution in [0.25, 0.3) is 0 Å². The van der Waals surface area contributed by atoms with Crippen molar-refractivity contribution in [3.63, 3.8) is 0 Å². The molecule has 0 aromatic carbocycles. The Morgan fingerprint density at radius 3 is 1.92 bits per heavy atom. The number of carbonyl (C=O) groups is 1. The van der Waals surface area contributed by atoms with Gasteiger partial charge < -0.3 is 9.64 Å². The zero-order chi connectivity index (χ0) is 27.2. The second-order valence-electron chi connectivity index (χ2n) is 13.6. The van der Waals surface area contributed by atoms with Crippen molar-refractivity contribution in [1.29, 1.82) is 0 Å². The molecule has 5 atom stereocenters. The Kier molecular flexibility index (Phi) is 14.3. The fourth-order valence-electron chi connectivity index (χ4n) is 7.77. The molecule has 3 nitrogen and oxygen atoms in total. The Hall–Kier alpha value is -0.830. The lowest BCUT2D eigenvalue weighted by Crippen LogP contribution is -2.41. The Morgan fingerprint density at radius 2 is 1.37 bits per heavy atom. The van der Waals surface area contributed by atoms with E-state index in [0.717, 1.165) is 26.1 Å². The van der Waals surface area contributed by atoms with Crippen molar-refractivity contribution in [3.8, 4) is 0 Å². The van der Waals surface area contributed by atoms with E-state index in [1.54, 1.807) is 5.57 Å². The summed E-state index contributed by atoms with van der Waals surface area (Å²) in [6.45, 7) is 12.6. The number of unbranched alkanes of at least 4 members (excludes halogenated alkanes) is 14. The van der Waals surface area contributed by atoms with Crippen LogP contribution in [-0.4, -0.2) is 36.6 Å². The fourth-order valence-corrected chi connectivity index (χ4v) is 7.77. The number of rotatable bonds is 20. The van der Waals surface area contributed by atoms with Crippen LogP contribution >= 0.6 is 0 Å². The Labute approximate surface area is 236 Å². The van der Waals surface area contributed by atoms with Gasteiger partial charge in [0.1, 0.15) is 6.10 Å². The third-order valence-electron chi connectivity index (χ3n) is 10.2. The van der Waals surface area contributed by atoms with Crippen LogP contribution in [0.15, 0.2) is 11.6 Å². The predicted molar refractivity (Wildman–Crippen MR) is 162 cm³/mol. The number of ether oxygens (including phenoxy) is 1. The number of carbonyl (C=O) groups excluding carboxylic acids is 1. The summed E-state index contributed by atoms with van der Waals surface area (Å²) in [7, 11) is 0. The molecule has 2 aliphatic carbocycles. The van der Waals surface area contributed by atoms with E-state index < -0.39 is 0 Å². The summed E-state index contributed by atoms with van der Waals surface area (Å²) >= 11 is 0. The molecule has 220 valence electrons. The van der Waals surface area contributed by atoms with E-state index in [4.69, 9.17) is 4.74 Å². The highest BCUT2D eigenvalue weighted by atomic mass is 16.6. The van der Waals surface area contributed by atoms with Crippen molar-refractivity contribution in [2.75, 3.05) is 19.6 Å². The van der Waals surface area contributed by atoms with Gasteiger partial charge in [-0.15, -0.1) is 0 Å². The van der Waals surface area contributed by atoms with Crippen molar-refractivity contribution in [3.05, 3.63) is 11.6 Å². The van der Waals surface area contributed by atoms with E-state index in [2.05, 4.69) is 38.7 Å². The van der Waals surface area contributed by atoms with E-state index >= 15 is 0 Å². The Balaban J connectivity index is 1.52. The Bertz CT molecular complexity index is 682. The number of hydrogen-bond donors (Lipinski definition) is 0. The lowest BCUT2D eigenvalue weighted by atomic mass is 9.59. The third kappa shape index (κ3) is 9.67. The van der Waals surface area contributed by atoms with E-state index in [1.165, 1.54) is 122 Å². The largest absolute Gasteiger partial charge is 0.461 e. The van der Waals surface area contributed by atoms with Gasteiger partial charge in [-0.05, 0) is 56.5 Å². The molecule has 1 heterocycles. The van der Waals surface area contributed by atoms with Gasteiger partial charge in [0.25, 0.3) is 0 Å². The molecule has 1 saturated heterocycles. The van der Waals surface area contributed by atoms with Crippen molar-refractivity contribution >= 4 is 5.97 Å². The Morgan fingerprint density at radius 1 is 0.842 bits per heavy atom. The predicted octanol–water partition coefficient (Wildman–Crippen LogP) is 9.88. The van der Waals surface area contributed by atoms with Crippen molar-refractivity contribution in [1.82, 2.24) is 4.90 Å². The molecular weight excluding hydrogens is 466 g/mol. The van der Waals surface area contributed by atoms with E-state index in [-0.39, 0.29) is 23.4 Å². The van der Waals surface area contributed by atoms with Gasteiger partial charge in [0.15, 0.2) is 0 Å². The summed E-state index contributed by atoms with van der Waals surface area (Å²) in [5.74, 6) is 1.08. The number of allylic oxidation sites excluding steroid dienone is 1. The molecule has 0 aromatic heterocycles. The summed E-state index contributed by atoms with van der Waals surface area (Å²) in [5.41, 5.74) is 1.90. The molecule has 0 spiro atoms. The van der Waals surface area contributed by atoms with Gasteiger partial charge in [-0.3, -0.25) is 4.79 Å². The SMILES string of the molecule is CCCCCCCCCCN(CCCCCCCCCC)CC1C(=O)O[C@@H]2C[C@@]3(C)CCC[C@H](C)C3=C[C@H]12. The lowest BCUT2D eigenvalue weighted by molar-refractivity contribution is -0.145. The summed E-state index contributed by atoms with van der Waals surface area (Å²) in [5, 5.41) is 0. The topological polar surface area (TPSA) is 29.5 Å². The quantitative estimate of drug-likeness (QED) is 0.0892. The summed E-state index contributed by atoms with van der Waals surface area (Å²) in [4.78, 5) is 15.8. The first-order valence-electron chi connectivity index (χ1n) is 17.1. The first kappa shape index (κ1) is 31.7. The molecule has 1 saturated carbocycles. The maximum atomic E-state index is 13.2. The van der Waals surface area contributed by atoms with Crippen LogP contribution in [0, 0.1) is 23.2 Å². The van der Waals surface area contributed by atoms with Gasteiger partial charge in [0.2, 0.25) is 0 Å². The first-order chi connectivity index (χ1) is 18.5. The summed E-state index contributed by atoms with van der Waals surface area (Å²) in [6, 6.07) is 0. The minimum atomic E-state index is 0.0364. The van der Waals surface area contributed by atoms with E-state index in [9.17, 15) is 4.79 Å². The molecular formula is C35H63NO2. The number of fused-ring (bicyclic) bond motifs is 2. The minimum absolute atomic E-state index is 0.0364. The summed E-state index contributed by atoms with van der Waals surface area (Å²) in [6.07, 6.45) is 29.4. The standard InChI is InChI=1S/C35H63NO2/c1-5-7-9-11-13-15-17-19-24-36(25-20-18-16-14-12-10-8-6-2)28-31-30-26-32-29(3)22-21-23-35(32,4)27-33(30)38-34(31)37/h26,29-31,33H,5-25,27-28H2,1-4H3/t29-,30+,31?,33+,35+/m0/s1. The first-order valence-corrected chi connectivity index (χ1v) is 17.1. The van der Waals surface area contributed by atoms with Crippen LogP contribution in [-0.2, 0) is 9.53 Å². The van der Waals surface area contributed by atoms with Gasteiger partial charge in [0, 0.05) is 12.5 Å². The molecule has 0 radical (unpaired) electrons. The molecule has 3 rings (SSSR count). The molecule has 2 fully saturated rings. The second kappa shape index (κ2) is 17.1. The van der Waals surface area contributed by atoms with Gasteiger partial charge in [-0.2, -0.15) is 0 Å². The smallest absolute Gasteiger partial charge is 0.311 e. The van der Waals surface area contributed by atoms with Crippen LogP contribution < -0.4 is 0 Å². The zero-order valence-corrected chi connectivity index (χ0v) is 25.9. The molecule has 3 heteroatoms. The van der Waals surface area contributed by atoms with Crippen LogP contribution in [0.1, 0.15) is 156 Å². The van der Waals surface area contributed by atoms with Crippen LogP contribution in [0.5, 0.6) is 0 Å². The maximum Gasteiger partial charge on any atom is 0.311 e. The van der Waals surface area contributed by atoms with Crippen molar-refractivity contribution in [2.24, 2.45) is 23.2 Å². The van der Waals surface area contributed by atoms with Crippen LogP contribution in [0.4, 0.5) is 0 Å². The molecule has 1 unspecified atom stereocenters. The highest BCUT2D eigenvalue weighted by Crippen LogP contribution is 2.54. The molecule has 0 N–H and O–H groups in total. The third-order valence-corrected chi connectivity index (χ3v) is 10.2. The average molecular weight is 530 g/mol. The average Bonchev–Trinajstić information content (AvgIpc) is 3.18. The highest BCUT2D eigenvalue weighted by molar-refractivity contribution is 5.76. The summed E-state index contributed by atoms with van der Waals surface area (Å²) < 4.78 is 6.10. The normalized spacial score (nSPS) is 28.8. The molecule has 1 aliphatic heterocycles. The van der Waals surface area contributed by atoms with Crippen LogP contribution in [0.3, 0.4) is 0 Å². The van der Waals surface area contributed by atoms with Gasteiger partial charge in [0.05, 0.1) is 5.92 Å². The van der Waals surface area contributed by atoms with Gasteiger partial charge in [-0.25, -0.2) is 0 Å². The maximum absolute atomic E-state index is 13.2. The molecule has 3 aliphatic rings. The molecule has 0 amide bonds. The molecule has 0 aromatic rings. The monoisotopic (exact) mass is 529 g/mol. The second-order valence-corrected chi connectivity index (χ2v) is 13.6. The van der Waals surface area contributed by atoms with E-state index in [0.29, 0.717) is 11.8 Å². The number of hydrogen-bond acceptors (Lipinski definition) is 3. The number of nitrogens with zero attached hydrogens (tertiary/aromatic N) is 1. The van der Waals surface area contributed by atoms with Crippen LogP contribution in [0.2, 0.25) is 0 Å². The van der Waals surface area contributed by atoms with Crippen molar-refractivity contribution in [2.45, 2.75) is 162 Å².